The molecule has 1 aromatic heterocycles. The Bertz CT molecular complexity index is 563. The zero-order valence-electron chi connectivity index (χ0n) is 9.68. The van der Waals surface area contributed by atoms with Crippen LogP contribution in [0.3, 0.4) is 0 Å². The Labute approximate surface area is 99.8 Å². The number of nitrogens with zero attached hydrogens (tertiary/aromatic N) is 1. The predicted octanol–water partition coefficient (Wildman–Crippen LogP) is 2.54. The molecule has 17 heavy (non-hydrogen) atoms. The fourth-order valence-corrected chi connectivity index (χ4v) is 3.59. The van der Waals surface area contributed by atoms with Crippen LogP contribution in [0.4, 0.5) is 0 Å². The second-order valence-electron chi connectivity index (χ2n) is 5.01. The Morgan fingerprint density at radius 2 is 2.18 bits per heavy atom. The van der Waals surface area contributed by atoms with Gasteiger partial charge in [0.2, 0.25) is 0 Å². The van der Waals surface area contributed by atoms with Gasteiger partial charge in [0, 0.05) is 24.4 Å². The number of H-pyrrole nitrogens is 1. The van der Waals surface area contributed by atoms with E-state index in [9.17, 15) is 0 Å². The first kappa shape index (κ1) is 9.42. The van der Waals surface area contributed by atoms with Crippen LogP contribution in [0.2, 0.25) is 0 Å². The second-order valence-corrected chi connectivity index (χ2v) is 5.01. The van der Waals surface area contributed by atoms with Gasteiger partial charge in [0.25, 0.3) is 0 Å². The number of hydrogen-bond donors (Lipinski definition) is 1. The minimum absolute atomic E-state index is 0.120. The lowest BCUT2D eigenvalue weighted by atomic mass is 9.94. The van der Waals surface area contributed by atoms with Gasteiger partial charge in [-0.1, -0.05) is 24.3 Å². The van der Waals surface area contributed by atoms with Crippen LogP contribution in [0.5, 0.6) is 0 Å². The molecule has 0 saturated heterocycles. The molecule has 2 aliphatic carbocycles. The van der Waals surface area contributed by atoms with Crippen molar-refractivity contribution >= 4 is 0 Å². The molecule has 1 heterocycles. The van der Waals surface area contributed by atoms with Crippen LogP contribution in [0.15, 0.2) is 36.8 Å². The number of benzene rings is 1. The fourth-order valence-electron chi connectivity index (χ4n) is 3.59. The van der Waals surface area contributed by atoms with Crippen molar-refractivity contribution in [1.29, 1.82) is 0 Å². The molecule has 2 aliphatic rings. The van der Waals surface area contributed by atoms with E-state index >= 15 is 0 Å². The zero-order chi connectivity index (χ0) is 11.5. The van der Waals surface area contributed by atoms with E-state index in [1.54, 1.807) is 13.4 Å². The van der Waals surface area contributed by atoms with E-state index in [4.69, 9.17) is 4.74 Å². The average molecular weight is 226 g/mol. The molecule has 2 aromatic rings. The molecule has 3 nitrogen and oxygen atoms in total. The lowest BCUT2D eigenvalue weighted by molar-refractivity contribution is 0.0731. The summed E-state index contributed by atoms with van der Waals surface area (Å²) in [7, 11) is 1.81. The van der Waals surface area contributed by atoms with Crippen molar-refractivity contribution < 1.29 is 4.74 Å². The molecule has 0 unspecified atom stereocenters. The van der Waals surface area contributed by atoms with Crippen molar-refractivity contribution in [1.82, 2.24) is 9.97 Å². The summed E-state index contributed by atoms with van der Waals surface area (Å²) >= 11 is 0. The van der Waals surface area contributed by atoms with Crippen LogP contribution < -0.4 is 0 Å². The molecule has 1 saturated carbocycles. The monoisotopic (exact) mass is 226 g/mol. The van der Waals surface area contributed by atoms with Crippen molar-refractivity contribution in [3.63, 3.8) is 0 Å². The summed E-state index contributed by atoms with van der Waals surface area (Å²) in [4.78, 5) is 7.43. The van der Waals surface area contributed by atoms with Gasteiger partial charge < -0.3 is 9.72 Å². The SMILES string of the molecule is CO[C@@H]1c2ccccc2[C@@H]2C[C@]12c1cnc[nH]1. The molecule has 1 aromatic carbocycles. The third-order valence-corrected chi connectivity index (χ3v) is 4.36. The first-order valence-electron chi connectivity index (χ1n) is 5.98. The number of fused-ring (bicyclic) bond motifs is 3. The molecule has 1 fully saturated rings. The minimum atomic E-state index is 0.120. The Hall–Kier alpha value is -1.61. The Morgan fingerprint density at radius 3 is 2.88 bits per heavy atom. The van der Waals surface area contributed by atoms with Gasteiger partial charge in [0.15, 0.2) is 0 Å². The van der Waals surface area contributed by atoms with Crippen LogP contribution in [0.25, 0.3) is 0 Å². The number of aromatic nitrogens is 2. The van der Waals surface area contributed by atoms with E-state index in [1.807, 2.05) is 6.20 Å². The molecular formula is C14H14N2O. The summed E-state index contributed by atoms with van der Waals surface area (Å²) in [6.45, 7) is 0. The van der Waals surface area contributed by atoms with Gasteiger partial charge in [-0.2, -0.15) is 0 Å². The van der Waals surface area contributed by atoms with E-state index in [0.29, 0.717) is 5.92 Å². The molecular weight excluding hydrogens is 212 g/mol. The third-order valence-electron chi connectivity index (χ3n) is 4.36. The number of ether oxygens (including phenoxy) is 1. The maximum Gasteiger partial charge on any atom is 0.0941 e. The molecule has 3 atom stereocenters. The van der Waals surface area contributed by atoms with Crippen LogP contribution >= 0.6 is 0 Å². The van der Waals surface area contributed by atoms with E-state index in [2.05, 4.69) is 34.2 Å². The lowest BCUT2D eigenvalue weighted by Crippen LogP contribution is -2.18. The number of methoxy groups -OCH3 is 1. The molecule has 3 heteroatoms. The van der Waals surface area contributed by atoms with Crippen LogP contribution in [0, 0.1) is 0 Å². The van der Waals surface area contributed by atoms with E-state index in [-0.39, 0.29) is 11.5 Å². The van der Waals surface area contributed by atoms with Crippen molar-refractivity contribution in [2.45, 2.75) is 23.9 Å². The highest BCUT2D eigenvalue weighted by Crippen LogP contribution is 2.72. The number of aromatic amines is 1. The first-order chi connectivity index (χ1) is 8.38. The van der Waals surface area contributed by atoms with Crippen molar-refractivity contribution in [3.8, 4) is 0 Å². The first-order valence-corrected chi connectivity index (χ1v) is 5.98. The zero-order valence-corrected chi connectivity index (χ0v) is 9.68. The van der Waals surface area contributed by atoms with Crippen LogP contribution in [0.1, 0.15) is 35.3 Å². The van der Waals surface area contributed by atoms with Crippen molar-refractivity contribution in [3.05, 3.63) is 53.6 Å². The van der Waals surface area contributed by atoms with Gasteiger partial charge in [-0.15, -0.1) is 0 Å². The summed E-state index contributed by atoms with van der Waals surface area (Å²) in [5, 5.41) is 0. The molecule has 4 rings (SSSR count). The highest BCUT2D eigenvalue weighted by atomic mass is 16.5. The van der Waals surface area contributed by atoms with Gasteiger partial charge >= 0.3 is 0 Å². The highest BCUT2D eigenvalue weighted by Gasteiger charge is 2.67. The summed E-state index contributed by atoms with van der Waals surface area (Å²) in [6.07, 6.45) is 5.04. The second kappa shape index (κ2) is 2.99. The maximum absolute atomic E-state index is 5.77. The Morgan fingerprint density at radius 1 is 1.35 bits per heavy atom. The molecule has 0 aliphatic heterocycles. The van der Waals surface area contributed by atoms with Crippen molar-refractivity contribution in [2.75, 3.05) is 7.11 Å². The maximum atomic E-state index is 5.77. The van der Waals surface area contributed by atoms with Gasteiger partial charge in [-0.25, -0.2) is 4.98 Å². The summed E-state index contributed by atoms with van der Waals surface area (Å²) in [6, 6.07) is 8.63. The largest absolute Gasteiger partial charge is 0.376 e. The topological polar surface area (TPSA) is 37.9 Å². The predicted molar refractivity (Wildman–Crippen MR) is 63.8 cm³/mol. The molecule has 1 N–H and O–H groups in total. The highest BCUT2D eigenvalue weighted by molar-refractivity contribution is 5.54. The normalized spacial score (nSPS) is 33.2. The lowest BCUT2D eigenvalue weighted by Gasteiger charge is -2.21. The van der Waals surface area contributed by atoms with Crippen molar-refractivity contribution in [2.24, 2.45) is 0 Å². The van der Waals surface area contributed by atoms with E-state index in [0.717, 1.165) is 0 Å². The number of imidazole rings is 1. The number of rotatable bonds is 2. The molecule has 0 bridgehead atoms. The Kier molecular flexibility index (Phi) is 1.66. The number of nitrogens with one attached hydrogen (secondary N) is 1. The summed E-state index contributed by atoms with van der Waals surface area (Å²) in [5.41, 5.74) is 4.13. The standard InChI is InChI=1S/C14H14N2O/c1-17-13-10-5-3-2-4-9(10)11-6-14(11,13)12-7-15-8-16-12/h2-5,7-8,11,13H,6H2,1H3,(H,15,16)/t11-,13+,14-/m0/s1. The van der Waals surface area contributed by atoms with Gasteiger partial charge in [-0.05, 0) is 23.5 Å². The summed E-state index contributed by atoms with van der Waals surface area (Å²) < 4.78 is 5.77. The fraction of sp³-hybridized carbons (Fsp3) is 0.357. The van der Waals surface area contributed by atoms with Gasteiger partial charge in [0.05, 0.1) is 12.4 Å². The van der Waals surface area contributed by atoms with Crippen LogP contribution in [-0.2, 0) is 10.2 Å². The summed E-state index contributed by atoms with van der Waals surface area (Å²) in [5.74, 6) is 0.601. The van der Waals surface area contributed by atoms with Gasteiger partial charge in [-0.3, -0.25) is 0 Å². The minimum Gasteiger partial charge on any atom is -0.376 e. The van der Waals surface area contributed by atoms with E-state index in [1.165, 1.54) is 23.2 Å². The smallest absolute Gasteiger partial charge is 0.0941 e. The third kappa shape index (κ3) is 0.984. The van der Waals surface area contributed by atoms with Gasteiger partial charge in [0.1, 0.15) is 0 Å². The average Bonchev–Trinajstić information content (AvgIpc) is 2.78. The quantitative estimate of drug-likeness (QED) is 0.854. The molecule has 86 valence electrons. The number of hydrogen-bond acceptors (Lipinski definition) is 2. The van der Waals surface area contributed by atoms with Crippen LogP contribution in [-0.4, -0.2) is 17.1 Å². The Balaban J connectivity index is 1.89. The molecule has 0 spiro atoms. The molecule has 0 amide bonds. The molecule has 0 radical (unpaired) electrons. The van der Waals surface area contributed by atoms with E-state index < -0.39 is 0 Å².